The van der Waals surface area contributed by atoms with Crippen LogP contribution in [0.25, 0.3) is 0 Å². The quantitative estimate of drug-likeness (QED) is 0.834. The predicted octanol–water partition coefficient (Wildman–Crippen LogP) is 0.269. The Balaban J connectivity index is 1.93. The van der Waals surface area contributed by atoms with E-state index in [1.54, 1.807) is 18.0 Å². The van der Waals surface area contributed by atoms with Gasteiger partial charge in [-0.2, -0.15) is 5.10 Å². The number of anilines is 1. The van der Waals surface area contributed by atoms with Gasteiger partial charge in [-0.25, -0.2) is 4.68 Å². The summed E-state index contributed by atoms with van der Waals surface area (Å²) in [7, 11) is 1.80. The fourth-order valence-electron chi connectivity index (χ4n) is 2.14. The molecule has 0 aliphatic carbocycles. The molecule has 1 amide bonds. The third-order valence-electron chi connectivity index (χ3n) is 3.16. The molecule has 0 unspecified atom stereocenters. The maximum Gasteiger partial charge on any atom is 0.244 e. The highest BCUT2D eigenvalue weighted by atomic mass is 16.5. The number of hydrogen-bond acceptors (Lipinski definition) is 4. The molecule has 0 aromatic carbocycles. The molecule has 1 saturated heterocycles. The van der Waals surface area contributed by atoms with Gasteiger partial charge in [0.25, 0.3) is 0 Å². The van der Waals surface area contributed by atoms with Crippen molar-refractivity contribution in [3.63, 3.8) is 0 Å². The van der Waals surface area contributed by atoms with E-state index in [9.17, 15) is 4.79 Å². The predicted molar refractivity (Wildman–Crippen MR) is 67.9 cm³/mol. The van der Waals surface area contributed by atoms with Gasteiger partial charge in [0.1, 0.15) is 12.4 Å². The molecule has 100 valence electrons. The van der Waals surface area contributed by atoms with Crippen LogP contribution in [0.4, 0.5) is 5.82 Å². The zero-order valence-electron chi connectivity index (χ0n) is 11.1. The smallest absolute Gasteiger partial charge is 0.244 e. The van der Waals surface area contributed by atoms with Crippen LogP contribution in [0.15, 0.2) is 6.07 Å². The van der Waals surface area contributed by atoms with Crippen molar-refractivity contribution in [2.75, 3.05) is 32.5 Å². The van der Waals surface area contributed by atoms with E-state index in [-0.39, 0.29) is 17.9 Å². The zero-order chi connectivity index (χ0) is 13.3. The average Bonchev–Trinajstić information content (AvgIpc) is 2.55. The number of likely N-dealkylation sites (N-methyl/N-ethyl adjacent to an activating group) is 1. The van der Waals surface area contributed by atoms with Crippen LogP contribution in [0.2, 0.25) is 0 Å². The van der Waals surface area contributed by atoms with Crippen LogP contribution in [-0.2, 0) is 16.1 Å². The maximum atomic E-state index is 12.1. The maximum absolute atomic E-state index is 12.1. The second-order valence-electron chi connectivity index (χ2n) is 5.42. The van der Waals surface area contributed by atoms with Crippen molar-refractivity contribution in [3.8, 4) is 0 Å². The summed E-state index contributed by atoms with van der Waals surface area (Å²) in [4.78, 5) is 13.8. The van der Waals surface area contributed by atoms with Gasteiger partial charge in [0.2, 0.25) is 5.91 Å². The van der Waals surface area contributed by atoms with Crippen molar-refractivity contribution in [1.29, 1.82) is 0 Å². The number of nitrogens with two attached hydrogens (primary N) is 1. The van der Waals surface area contributed by atoms with Gasteiger partial charge in [0.15, 0.2) is 0 Å². The molecule has 6 heteroatoms. The highest BCUT2D eigenvalue weighted by molar-refractivity contribution is 5.76. The molecule has 2 rings (SSSR count). The molecule has 0 bridgehead atoms. The van der Waals surface area contributed by atoms with E-state index in [1.165, 1.54) is 4.68 Å². The SMILES string of the molecule is Cc1cc(N)n(CC(=O)N(C)CC2(C)COC2)n1. The topological polar surface area (TPSA) is 73.4 Å². The van der Waals surface area contributed by atoms with Gasteiger partial charge in [-0.05, 0) is 6.92 Å². The number of aryl methyl sites for hydroxylation is 1. The molecule has 0 saturated carbocycles. The molecule has 1 aliphatic rings. The molecule has 1 fully saturated rings. The van der Waals surface area contributed by atoms with Gasteiger partial charge in [-0.3, -0.25) is 4.79 Å². The van der Waals surface area contributed by atoms with Crippen molar-refractivity contribution in [2.45, 2.75) is 20.4 Å². The van der Waals surface area contributed by atoms with Gasteiger partial charge >= 0.3 is 0 Å². The first-order chi connectivity index (χ1) is 8.39. The van der Waals surface area contributed by atoms with E-state index in [4.69, 9.17) is 10.5 Å². The Labute approximate surface area is 107 Å². The number of rotatable bonds is 4. The second-order valence-corrected chi connectivity index (χ2v) is 5.42. The molecular weight excluding hydrogens is 232 g/mol. The summed E-state index contributed by atoms with van der Waals surface area (Å²) >= 11 is 0. The Morgan fingerprint density at radius 1 is 1.67 bits per heavy atom. The lowest BCUT2D eigenvalue weighted by Crippen LogP contribution is -2.49. The number of hydrogen-bond donors (Lipinski definition) is 1. The summed E-state index contributed by atoms with van der Waals surface area (Å²) in [5, 5.41) is 4.18. The minimum Gasteiger partial charge on any atom is -0.384 e. The monoisotopic (exact) mass is 252 g/mol. The average molecular weight is 252 g/mol. The van der Waals surface area contributed by atoms with Crippen LogP contribution in [0.3, 0.4) is 0 Å². The molecule has 0 atom stereocenters. The standard InChI is InChI=1S/C12H20N4O2/c1-9-4-10(13)16(14-9)5-11(17)15(3)6-12(2)7-18-8-12/h4H,5-8,13H2,1-3H3. The first kappa shape index (κ1) is 12.9. The normalized spacial score (nSPS) is 17.3. The number of ether oxygens (including phenoxy) is 1. The zero-order valence-corrected chi connectivity index (χ0v) is 11.1. The largest absolute Gasteiger partial charge is 0.384 e. The Hall–Kier alpha value is -1.56. The molecule has 1 aromatic heterocycles. The first-order valence-electron chi connectivity index (χ1n) is 6.01. The highest BCUT2D eigenvalue weighted by Crippen LogP contribution is 2.27. The first-order valence-corrected chi connectivity index (χ1v) is 6.01. The van der Waals surface area contributed by atoms with Crippen molar-refractivity contribution in [1.82, 2.24) is 14.7 Å². The lowest BCUT2D eigenvalue weighted by Gasteiger charge is -2.40. The Morgan fingerprint density at radius 2 is 2.33 bits per heavy atom. The van der Waals surface area contributed by atoms with Crippen LogP contribution < -0.4 is 5.73 Å². The van der Waals surface area contributed by atoms with E-state index < -0.39 is 0 Å². The minimum absolute atomic E-state index is 0.0120. The van der Waals surface area contributed by atoms with Gasteiger partial charge in [0.05, 0.1) is 18.9 Å². The lowest BCUT2D eigenvalue weighted by atomic mass is 9.88. The second kappa shape index (κ2) is 4.61. The van der Waals surface area contributed by atoms with Crippen LogP contribution >= 0.6 is 0 Å². The van der Waals surface area contributed by atoms with Gasteiger partial charge < -0.3 is 15.4 Å². The summed E-state index contributed by atoms with van der Waals surface area (Å²) in [5.74, 6) is 0.533. The van der Waals surface area contributed by atoms with E-state index >= 15 is 0 Å². The number of nitrogens with zero attached hydrogens (tertiary/aromatic N) is 3. The highest BCUT2D eigenvalue weighted by Gasteiger charge is 2.35. The molecular formula is C12H20N4O2. The van der Waals surface area contributed by atoms with Gasteiger partial charge in [-0.15, -0.1) is 0 Å². The summed E-state index contributed by atoms with van der Waals surface area (Å²) in [6.45, 7) is 6.29. The summed E-state index contributed by atoms with van der Waals surface area (Å²) in [5.41, 5.74) is 6.68. The van der Waals surface area contributed by atoms with Crippen LogP contribution in [0.1, 0.15) is 12.6 Å². The van der Waals surface area contributed by atoms with E-state index in [0.717, 1.165) is 5.69 Å². The molecule has 1 aliphatic heterocycles. The van der Waals surface area contributed by atoms with E-state index in [0.29, 0.717) is 25.6 Å². The van der Waals surface area contributed by atoms with Crippen LogP contribution in [0, 0.1) is 12.3 Å². The Morgan fingerprint density at radius 3 is 2.78 bits per heavy atom. The number of aromatic nitrogens is 2. The lowest BCUT2D eigenvalue weighted by molar-refractivity contribution is -0.142. The Kier molecular flexibility index (Phi) is 3.30. The summed E-state index contributed by atoms with van der Waals surface area (Å²) < 4.78 is 6.72. The number of carbonyl (C=O) groups excluding carboxylic acids is 1. The minimum atomic E-state index is 0.0120. The van der Waals surface area contributed by atoms with Crippen molar-refractivity contribution in [3.05, 3.63) is 11.8 Å². The van der Waals surface area contributed by atoms with Crippen LogP contribution in [0.5, 0.6) is 0 Å². The number of nitrogen functional groups attached to an aromatic ring is 1. The van der Waals surface area contributed by atoms with Gasteiger partial charge in [0, 0.05) is 25.1 Å². The molecule has 2 heterocycles. The van der Waals surface area contributed by atoms with E-state index in [2.05, 4.69) is 12.0 Å². The summed E-state index contributed by atoms with van der Waals surface area (Å²) in [6.07, 6.45) is 0. The fraction of sp³-hybridized carbons (Fsp3) is 0.667. The number of carbonyl (C=O) groups is 1. The molecule has 1 aromatic rings. The molecule has 6 nitrogen and oxygen atoms in total. The Bertz CT molecular complexity index is 451. The third kappa shape index (κ3) is 2.64. The van der Waals surface area contributed by atoms with Crippen molar-refractivity contribution in [2.24, 2.45) is 5.41 Å². The molecule has 0 radical (unpaired) electrons. The van der Waals surface area contributed by atoms with Crippen molar-refractivity contribution < 1.29 is 9.53 Å². The molecule has 2 N–H and O–H groups in total. The molecule has 0 spiro atoms. The fourth-order valence-corrected chi connectivity index (χ4v) is 2.14. The molecule has 18 heavy (non-hydrogen) atoms. The van der Waals surface area contributed by atoms with Crippen molar-refractivity contribution >= 4 is 11.7 Å². The number of amides is 1. The third-order valence-corrected chi connectivity index (χ3v) is 3.16. The van der Waals surface area contributed by atoms with Gasteiger partial charge in [-0.1, -0.05) is 6.92 Å². The summed E-state index contributed by atoms with van der Waals surface area (Å²) in [6, 6.07) is 1.76. The van der Waals surface area contributed by atoms with E-state index in [1.807, 2.05) is 6.92 Å². The van der Waals surface area contributed by atoms with Crippen LogP contribution in [-0.4, -0.2) is 47.4 Å².